The molecule has 2 aromatic rings. The zero-order valence-corrected chi connectivity index (χ0v) is 24.2. The van der Waals surface area contributed by atoms with E-state index >= 15 is 0 Å². The van der Waals surface area contributed by atoms with Crippen molar-refractivity contribution in [2.24, 2.45) is 17.6 Å². The maximum absolute atomic E-state index is 14.2. The Morgan fingerprint density at radius 2 is 1.69 bits per heavy atom. The SMILES string of the molecule is C=C(C)c1cc(-c2ccc(N(C)C)cc2)c2c(c1O)C(=O)C1=C(O)[C@]3(O)C(=O)C(C(N)=O)=C(O)[C@@H](N(C)C)[C@@H]3C[C@@H]1C2. The molecule has 0 aromatic heterocycles. The quantitative estimate of drug-likeness (QED) is 0.338. The summed E-state index contributed by atoms with van der Waals surface area (Å²) in [6, 6.07) is 8.48. The van der Waals surface area contributed by atoms with Crippen LogP contribution in [0.3, 0.4) is 0 Å². The van der Waals surface area contributed by atoms with Crippen LogP contribution in [0.25, 0.3) is 16.7 Å². The van der Waals surface area contributed by atoms with E-state index in [1.54, 1.807) is 27.1 Å². The summed E-state index contributed by atoms with van der Waals surface area (Å²) < 4.78 is 0. The van der Waals surface area contributed by atoms with E-state index in [4.69, 9.17) is 5.73 Å². The van der Waals surface area contributed by atoms with Crippen LogP contribution in [-0.2, 0) is 16.0 Å². The number of nitrogens with two attached hydrogens (primary N) is 1. The number of Topliss-reactive ketones (excluding diaryl/α,β-unsaturated/α-hetero) is 2. The minimum absolute atomic E-state index is 0.0216. The molecule has 0 radical (unpaired) electrons. The molecule has 10 heteroatoms. The number of hydrogen-bond acceptors (Lipinski definition) is 9. The third-order valence-corrected chi connectivity index (χ3v) is 8.88. The lowest BCUT2D eigenvalue weighted by molar-refractivity contribution is -0.148. The van der Waals surface area contributed by atoms with Gasteiger partial charge in [0.15, 0.2) is 11.4 Å². The fraction of sp³-hybridized carbons (Fsp3) is 0.344. The van der Waals surface area contributed by atoms with E-state index in [1.807, 2.05) is 43.3 Å². The molecule has 0 saturated carbocycles. The highest BCUT2D eigenvalue weighted by molar-refractivity contribution is 6.25. The topological polar surface area (TPSA) is 165 Å². The number of benzene rings is 2. The number of ketones is 2. The summed E-state index contributed by atoms with van der Waals surface area (Å²) in [6.07, 6.45) is 0.219. The van der Waals surface area contributed by atoms with Crippen LogP contribution < -0.4 is 10.6 Å². The van der Waals surface area contributed by atoms with Gasteiger partial charge in [-0.15, -0.1) is 0 Å². The first-order valence-corrected chi connectivity index (χ1v) is 13.6. The highest BCUT2D eigenvalue weighted by Gasteiger charge is 2.63. The zero-order valence-electron chi connectivity index (χ0n) is 24.2. The molecule has 6 N–H and O–H groups in total. The molecule has 3 aliphatic carbocycles. The fourth-order valence-electron chi connectivity index (χ4n) is 6.84. The molecule has 10 nitrogen and oxygen atoms in total. The van der Waals surface area contributed by atoms with Crippen LogP contribution in [0.2, 0.25) is 0 Å². The summed E-state index contributed by atoms with van der Waals surface area (Å²) >= 11 is 0. The Morgan fingerprint density at radius 1 is 1.07 bits per heavy atom. The number of fused-ring (bicyclic) bond motifs is 3. The molecule has 0 spiro atoms. The van der Waals surface area contributed by atoms with Crippen LogP contribution in [0.15, 0.2) is 59.6 Å². The number of amides is 1. The summed E-state index contributed by atoms with van der Waals surface area (Å²) in [7, 11) is 7.05. The molecule has 42 heavy (non-hydrogen) atoms. The van der Waals surface area contributed by atoms with Crippen LogP contribution in [0.1, 0.15) is 34.8 Å². The molecule has 0 heterocycles. The van der Waals surface area contributed by atoms with E-state index in [1.165, 1.54) is 4.90 Å². The van der Waals surface area contributed by atoms with Crippen LogP contribution in [0.5, 0.6) is 5.75 Å². The number of phenols is 1. The normalized spacial score (nSPS) is 25.3. The van der Waals surface area contributed by atoms with Crippen LogP contribution in [0.4, 0.5) is 5.69 Å². The van der Waals surface area contributed by atoms with Gasteiger partial charge in [0.25, 0.3) is 5.91 Å². The fourth-order valence-corrected chi connectivity index (χ4v) is 6.84. The lowest BCUT2D eigenvalue weighted by Gasteiger charge is -2.50. The van der Waals surface area contributed by atoms with E-state index < -0.39 is 58.0 Å². The Balaban J connectivity index is 1.76. The Labute approximate surface area is 243 Å². The molecule has 3 aliphatic rings. The second kappa shape index (κ2) is 9.85. The predicted octanol–water partition coefficient (Wildman–Crippen LogP) is 2.89. The van der Waals surface area contributed by atoms with Crippen molar-refractivity contribution in [2.75, 3.05) is 33.1 Å². The number of allylic oxidation sites excluding steroid dienone is 2. The highest BCUT2D eigenvalue weighted by atomic mass is 16.3. The van der Waals surface area contributed by atoms with Gasteiger partial charge in [0, 0.05) is 36.8 Å². The van der Waals surface area contributed by atoms with Crippen molar-refractivity contribution in [3.63, 3.8) is 0 Å². The highest BCUT2D eigenvalue weighted by Crippen LogP contribution is 2.53. The summed E-state index contributed by atoms with van der Waals surface area (Å²) in [6.45, 7) is 5.66. The van der Waals surface area contributed by atoms with Crippen molar-refractivity contribution >= 4 is 28.7 Å². The molecular formula is C32H35N3O7. The first-order valence-electron chi connectivity index (χ1n) is 13.6. The number of aromatic hydroxyl groups is 1. The molecule has 220 valence electrons. The average Bonchev–Trinajstić information content (AvgIpc) is 2.90. The molecule has 0 aliphatic heterocycles. The molecular weight excluding hydrogens is 538 g/mol. The lowest BCUT2D eigenvalue weighted by atomic mass is 9.58. The number of phenolic OH excluding ortho intramolecular Hbond substituents is 1. The number of rotatable bonds is 5. The zero-order chi connectivity index (χ0) is 31.0. The van der Waals surface area contributed by atoms with Crippen LogP contribution >= 0.6 is 0 Å². The first-order chi connectivity index (χ1) is 19.6. The number of carbonyl (C=O) groups is 3. The van der Waals surface area contributed by atoms with Gasteiger partial charge in [0.05, 0.1) is 11.6 Å². The smallest absolute Gasteiger partial charge is 0.255 e. The number of likely N-dealkylation sites (N-methyl/N-ethyl adjacent to an activating group) is 1. The number of carbonyl (C=O) groups excluding carboxylic acids is 3. The van der Waals surface area contributed by atoms with E-state index in [-0.39, 0.29) is 29.7 Å². The summed E-state index contributed by atoms with van der Waals surface area (Å²) in [5.74, 6) is -6.80. The van der Waals surface area contributed by atoms with Gasteiger partial charge in [-0.3, -0.25) is 19.3 Å². The van der Waals surface area contributed by atoms with Crippen molar-refractivity contribution in [3.8, 4) is 16.9 Å². The third-order valence-electron chi connectivity index (χ3n) is 8.88. The van der Waals surface area contributed by atoms with Crippen molar-refractivity contribution < 1.29 is 34.8 Å². The summed E-state index contributed by atoms with van der Waals surface area (Å²) in [5, 5.41) is 45.7. The number of primary amides is 1. The van der Waals surface area contributed by atoms with E-state index in [0.29, 0.717) is 22.3 Å². The Hall–Kier alpha value is -4.41. The van der Waals surface area contributed by atoms with E-state index in [9.17, 15) is 34.8 Å². The number of aliphatic hydroxyl groups excluding tert-OH is 2. The van der Waals surface area contributed by atoms with E-state index in [0.717, 1.165) is 11.3 Å². The molecule has 0 fully saturated rings. The Bertz CT molecular complexity index is 1630. The molecule has 0 saturated heterocycles. The van der Waals surface area contributed by atoms with Gasteiger partial charge < -0.3 is 31.1 Å². The van der Waals surface area contributed by atoms with Crippen molar-refractivity contribution in [2.45, 2.75) is 31.4 Å². The van der Waals surface area contributed by atoms with Gasteiger partial charge in [-0.2, -0.15) is 0 Å². The van der Waals surface area contributed by atoms with Gasteiger partial charge in [0.2, 0.25) is 5.78 Å². The van der Waals surface area contributed by atoms with Gasteiger partial charge in [0.1, 0.15) is 22.8 Å². The lowest BCUT2D eigenvalue weighted by Crippen LogP contribution is -2.63. The van der Waals surface area contributed by atoms with Gasteiger partial charge >= 0.3 is 0 Å². The summed E-state index contributed by atoms with van der Waals surface area (Å²) in [4.78, 5) is 43.4. The maximum atomic E-state index is 14.2. The Kier molecular flexibility index (Phi) is 6.82. The Morgan fingerprint density at radius 3 is 2.21 bits per heavy atom. The number of aliphatic hydroxyl groups is 3. The predicted molar refractivity (Wildman–Crippen MR) is 158 cm³/mol. The van der Waals surface area contributed by atoms with Gasteiger partial charge in [-0.05, 0) is 80.2 Å². The molecule has 5 rings (SSSR count). The number of hydrogen-bond donors (Lipinski definition) is 5. The second-order valence-electron chi connectivity index (χ2n) is 11.9. The number of nitrogens with zero attached hydrogens (tertiary/aromatic N) is 2. The van der Waals surface area contributed by atoms with Crippen LogP contribution in [-0.4, -0.2) is 82.6 Å². The monoisotopic (exact) mass is 573 g/mol. The van der Waals surface area contributed by atoms with Crippen LogP contribution in [0, 0.1) is 11.8 Å². The average molecular weight is 574 g/mol. The molecule has 0 unspecified atom stereocenters. The minimum atomic E-state index is -2.68. The van der Waals surface area contributed by atoms with Gasteiger partial charge in [-0.1, -0.05) is 18.7 Å². The third kappa shape index (κ3) is 3.97. The molecule has 0 bridgehead atoms. The standard InChI is InChI=1S/C32H35N3O7/c1-14(2)18-13-19(15-7-9-17(10-8-15)34(3)4)20-11-16-12-21-25(35(5)6)28(38)24(31(33)41)30(40)32(21,42)29(39)22(16)27(37)23(20)26(18)36/h7-10,13,16,21,25,36,38-39,42H,1,11-12H2,2-6H3,(H2,33,41)/t16-,21-,25-,32-/m0/s1. The van der Waals surface area contributed by atoms with E-state index in [2.05, 4.69) is 6.58 Å². The molecule has 4 atom stereocenters. The van der Waals surface area contributed by atoms with Crippen molar-refractivity contribution in [1.82, 2.24) is 4.90 Å². The maximum Gasteiger partial charge on any atom is 0.255 e. The second-order valence-corrected chi connectivity index (χ2v) is 11.9. The molecule has 1 amide bonds. The van der Waals surface area contributed by atoms with Crippen molar-refractivity contribution in [1.29, 1.82) is 0 Å². The minimum Gasteiger partial charge on any atom is -0.510 e. The largest absolute Gasteiger partial charge is 0.510 e. The van der Waals surface area contributed by atoms with Gasteiger partial charge in [-0.25, -0.2) is 0 Å². The first kappa shape index (κ1) is 29.1. The summed E-state index contributed by atoms with van der Waals surface area (Å²) in [5.41, 5.74) is 5.58. The molecule has 2 aromatic carbocycles. The van der Waals surface area contributed by atoms with Crippen molar-refractivity contribution in [3.05, 3.63) is 76.3 Å². The number of anilines is 1.